The summed E-state index contributed by atoms with van der Waals surface area (Å²) >= 11 is 0. The maximum absolute atomic E-state index is 8.92. The lowest BCUT2D eigenvalue weighted by molar-refractivity contribution is 0.282. The Kier molecular flexibility index (Phi) is 3.62. The van der Waals surface area contributed by atoms with Crippen LogP contribution >= 0.6 is 0 Å². The van der Waals surface area contributed by atoms with E-state index in [-0.39, 0.29) is 6.61 Å². The SMILES string of the molecule is Nc1cccc(N(CCCO)C2CCC2)n1. The molecule has 1 heterocycles. The highest BCUT2D eigenvalue weighted by atomic mass is 16.3. The van der Waals surface area contributed by atoms with Crippen molar-refractivity contribution in [2.45, 2.75) is 31.7 Å². The molecule has 0 aliphatic heterocycles. The highest BCUT2D eigenvalue weighted by Gasteiger charge is 2.25. The molecule has 1 aromatic rings. The van der Waals surface area contributed by atoms with Crippen LogP contribution in [0, 0.1) is 0 Å². The number of aliphatic hydroxyl groups excluding tert-OH is 1. The van der Waals surface area contributed by atoms with Crippen molar-refractivity contribution in [2.24, 2.45) is 0 Å². The Morgan fingerprint density at radius 1 is 1.44 bits per heavy atom. The summed E-state index contributed by atoms with van der Waals surface area (Å²) in [4.78, 5) is 6.63. The van der Waals surface area contributed by atoms with Crippen LogP contribution in [-0.2, 0) is 0 Å². The van der Waals surface area contributed by atoms with Crippen molar-refractivity contribution in [3.8, 4) is 0 Å². The Bertz CT molecular complexity index is 339. The van der Waals surface area contributed by atoms with Crippen LogP contribution in [0.4, 0.5) is 11.6 Å². The van der Waals surface area contributed by atoms with Crippen LogP contribution in [0.25, 0.3) is 0 Å². The lowest BCUT2D eigenvalue weighted by Crippen LogP contribution is -2.41. The third-order valence-corrected chi connectivity index (χ3v) is 3.12. The van der Waals surface area contributed by atoms with Gasteiger partial charge in [0, 0.05) is 19.2 Å². The van der Waals surface area contributed by atoms with Crippen LogP contribution < -0.4 is 10.6 Å². The van der Waals surface area contributed by atoms with Gasteiger partial charge in [0.05, 0.1) is 0 Å². The Morgan fingerprint density at radius 2 is 2.25 bits per heavy atom. The maximum Gasteiger partial charge on any atom is 0.131 e. The van der Waals surface area contributed by atoms with E-state index in [0.29, 0.717) is 11.9 Å². The standard InChI is InChI=1S/C12H19N3O/c13-11-6-2-7-12(14-11)15(8-3-9-16)10-4-1-5-10/h2,6-7,10,16H,1,3-5,8-9H2,(H2,13,14). The molecule has 0 spiro atoms. The van der Waals surface area contributed by atoms with Gasteiger partial charge >= 0.3 is 0 Å². The molecule has 1 fully saturated rings. The molecule has 0 bridgehead atoms. The fourth-order valence-corrected chi connectivity index (χ4v) is 2.02. The molecule has 16 heavy (non-hydrogen) atoms. The van der Waals surface area contributed by atoms with Crippen LogP contribution in [0.1, 0.15) is 25.7 Å². The van der Waals surface area contributed by atoms with Crippen LogP contribution in [-0.4, -0.2) is 29.3 Å². The van der Waals surface area contributed by atoms with E-state index < -0.39 is 0 Å². The van der Waals surface area contributed by atoms with Gasteiger partial charge in [0.1, 0.15) is 11.6 Å². The number of hydrogen-bond acceptors (Lipinski definition) is 4. The molecule has 1 aromatic heterocycles. The molecule has 1 aliphatic rings. The number of anilines is 2. The summed E-state index contributed by atoms with van der Waals surface area (Å²) in [5, 5.41) is 8.92. The summed E-state index contributed by atoms with van der Waals surface area (Å²) in [5.41, 5.74) is 5.70. The zero-order valence-corrected chi connectivity index (χ0v) is 9.47. The second-order valence-corrected chi connectivity index (χ2v) is 4.28. The van der Waals surface area contributed by atoms with E-state index in [4.69, 9.17) is 10.8 Å². The Hall–Kier alpha value is -1.29. The molecule has 4 nitrogen and oxygen atoms in total. The van der Waals surface area contributed by atoms with Gasteiger partial charge in [-0.3, -0.25) is 0 Å². The topological polar surface area (TPSA) is 62.4 Å². The number of hydrogen-bond donors (Lipinski definition) is 2. The van der Waals surface area contributed by atoms with E-state index in [9.17, 15) is 0 Å². The van der Waals surface area contributed by atoms with Gasteiger partial charge in [-0.25, -0.2) is 4.98 Å². The van der Waals surface area contributed by atoms with E-state index in [1.54, 1.807) is 6.07 Å². The number of nitrogen functional groups attached to an aromatic ring is 1. The van der Waals surface area contributed by atoms with Gasteiger partial charge in [0.25, 0.3) is 0 Å². The molecule has 88 valence electrons. The summed E-state index contributed by atoms with van der Waals surface area (Å²) in [6.07, 6.45) is 4.53. The zero-order chi connectivity index (χ0) is 11.4. The molecule has 0 atom stereocenters. The molecule has 0 radical (unpaired) electrons. The smallest absolute Gasteiger partial charge is 0.131 e. The van der Waals surface area contributed by atoms with Crippen molar-refractivity contribution < 1.29 is 5.11 Å². The van der Waals surface area contributed by atoms with Gasteiger partial charge in [-0.1, -0.05) is 6.07 Å². The zero-order valence-electron chi connectivity index (χ0n) is 9.47. The lowest BCUT2D eigenvalue weighted by Gasteiger charge is -2.38. The fraction of sp³-hybridized carbons (Fsp3) is 0.583. The number of rotatable bonds is 5. The average Bonchev–Trinajstić information content (AvgIpc) is 2.21. The quantitative estimate of drug-likeness (QED) is 0.789. The lowest BCUT2D eigenvalue weighted by atomic mass is 9.91. The predicted octanol–water partition coefficient (Wildman–Crippen LogP) is 1.41. The van der Waals surface area contributed by atoms with Crippen molar-refractivity contribution >= 4 is 11.6 Å². The van der Waals surface area contributed by atoms with E-state index in [1.807, 2.05) is 12.1 Å². The Labute approximate surface area is 96.1 Å². The number of nitrogens with zero attached hydrogens (tertiary/aromatic N) is 2. The average molecular weight is 221 g/mol. The minimum atomic E-state index is 0.228. The first-order chi connectivity index (χ1) is 7.81. The van der Waals surface area contributed by atoms with Crippen molar-refractivity contribution in [3.05, 3.63) is 18.2 Å². The predicted molar refractivity (Wildman–Crippen MR) is 65.3 cm³/mol. The number of pyridine rings is 1. The summed E-state index contributed by atoms with van der Waals surface area (Å²) in [7, 11) is 0. The highest BCUT2D eigenvalue weighted by molar-refractivity contribution is 5.46. The van der Waals surface area contributed by atoms with E-state index in [1.165, 1.54) is 19.3 Å². The van der Waals surface area contributed by atoms with Gasteiger partial charge in [0.2, 0.25) is 0 Å². The summed E-state index contributed by atoms with van der Waals surface area (Å²) in [5.74, 6) is 1.50. The molecule has 0 amide bonds. The van der Waals surface area contributed by atoms with Crippen molar-refractivity contribution in [1.82, 2.24) is 4.98 Å². The van der Waals surface area contributed by atoms with E-state index in [2.05, 4.69) is 9.88 Å². The van der Waals surface area contributed by atoms with Gasteiger partial charge in [-0.15, -0.1) is 0 Å². The summed E-state index contributed by atoms with van der Waals surface area (Å²) in [6.45, 7) is 1.09. The largest absolute Gasteiger partial charge is 0.396 e. The van der Waals surface area contributed by atoms with Gasteiger partial charge in [0.15, 0.2) is 0 Å². The van der Waals surface area contributed by atoms with Crippen LogP contribution in [0.15, 0.2) is 18.2 Å². The maximum atomic E-state index is 8.92. The molecule has 0 saturated heterocycles. The molecular weight excluding hydrogens is 202 g/mol. The first-order valence-corrected chi connectivity index (χ1v) is 5.91. The highest BCUT2D eigenvalue weighted by Crippen LogP contribution is 2.28. The van der Waals surface area contributed by atoms with E-state index in [0.717, 1.165) is 18.8 Å². The van der Waals surface area contributed by atoms with Crippen LogP contribution in [0.5, 0.6) is 0 Å². The number of nitrogens with two attached hydrogens (primary N) is 1. The Balaban J connectivity index is 2.10. The summed E-state index contributed by atoms with van der Waals surface area (Å²) in [6, 6.07) is 6.31. The fourth-order valence-electron chi connectivity index (χ4n) is 2.02. The van der Waals surface area contributed by atoms with Crippen LogP contribution in [0.2, 0.25) is 0 Å². The van der Waals surface area contributed by atoms with Gasteiger partial charge in [-0.05, 0) is 37.8 Å². The number of aliphatic hydroxyl groups is 1. The molecule has 2 rings (SSSR count). The minimum absolute atomic E-state index is 0.228. The first-order valence-electron chi connectivity index (χ1n) is 5.91. The molecular formula is C12H19N3O. The normalized spacial score (nSPS) is 15.8. The number of aromatic nitrogens is 1. The second kappa shape index (κ2) is 5.16. The molecule has 4 heteroatoms. The monoisotopic (exact) mass is 221 g/mol. The van der Waals surface area contributed by atoms with Crippen molar-refractivity contribution in [3.63, 3.8) is 0 Å². The molecule has 1 saturated carbocycles. The van der Waals surface area contributed by atoms with Crippen LogP contribution in [0.3, 0.4) is 0 Å². The van der Waals surface area contributed by atoms with Gasteiger partial charge < -0.3 is 15.7 Å². The minimum Gasteiger partial charge on any atom is -0.396 e. The Morgan fingerprint density at radius 3 is 2.81 bits per heavy atom. The molecule has 1 aliphatic carbocycles. The molecule has 3 N–H and O–H groups in total. The first kappa shape index (κ1) is 11.2. The van der Waals surface area contributed by atoms with Crippen molar-refractivity contribution in [2.75, 3.05) is 23.8 Å². The second-order valence-electron chi connectivity index (χ2n) is 4.28. The summed E-state index contributed by atoms with van der Waals surface area (Å²) < 4.78 is 0. The molecule has 0 aromatic carbocycles. The van der Waals surface area contributed by atoms with Crippen molar-refractivity contribution in [1.29, 1.82) is 0 Å². The molecule has 0 unspecified atom stereocenters. The third kappa shape index (κ3) is 2.44. The third-order valence-electron chi connectivity index (χ3n) is 3.12. The van der Waals surface area contributed by atoms with Gasteiger partial charge in [-0.2, -0.15) is 0 Å². The van der Waals surface area contributed by atoms with E-state index >= 15 is 0 Å².